The highest BCUT2D eigenvalue weighted by molar-refractivity contribution is 9.10. The summed E-state index contributed by atoms with van der Waals surface area (Å²) in [5.74, 6) is 1.44. The quantitative estimate of drug-likeness (QED) is 0.771. The molecule has 0 bridgehead atoms. The molecular weight excluding hydrogens is 342 g/mol. The highest BCUT2D eigenvalue weighted by Gasteiger charge is 2.11. The van der Waals surface area contributed by atoms with Crippen molar-refractivity contribution in [3.63, 3.8) is 0 Å². The summed E-state index contributed by atoms with van der Waals surface area (Å²) in [4.78, 5) is 0. The van der Waals surface area contributed by atoms with Gasteiger partial charge in [-0.05, 0) is 47.5 Å². The Morgan fingerprint density at radius 2 is 2.15 bits per heavy atom. The van der Waals surface area contributed by atoms with E-state index in [9.17, 15) is 4.21 Å². The second kappa shape index (κ2) is 8.64. The van der Waals surface area contributed by atoms with Gasteiger partial charge in [-0.15, -0.1) is 0 Å². The van der Waals surface area contributed by atoms with E-state index in [-0.39, 0.29) is 5.25 Å². The Balaban J connectivity index is 2.72. The van der Waals surface area contributed by atoms with E-state index in [1.165, 1.54) is 0 Å². The lowest BCUT2D eigenvalue weighted by Crippen LogP contribution is -2.27. The van der Waals surface area contributed by atoms with Gasteiger partial charge in [0, 0.05) is 35.4 Å². The molecule has 0 aromatic heterocycles. The molecule has 1 N–H and O–H groups in total. The zero-order chi connectivity index (χ0) is 15.1. The third kappa shape index (κ3) is 5.07. The fourth-order valence-electron chi connectivity index (χ4n) is 1.70. The summed E-state index contributed by atoms with van der Waals surface area (Å²) in [6.07, 6.45) is 1.73. The van der Waals surface area contributed by atoms with Crippen LogP contribution in [-0.4, -0.2) is 36.0 Å². The van der Waals surface area contributed by atoms with Crippen LogP contribution in [0.4, 0.5) is 0 Å². The number of halogens is 1. The molecule has 114 valence electrons. The molecule has 0 aliphatic rings. The fourth-order valence-corrected chi connectivity index (χ4v) is 2.65. The lowest BCUT2D eigenvalue weighted by atomic mass is 10.2. The second-order valence-electron chi connectivity index (χ2n) is 4.48. The van der Waals surface area contributed by atoms with Gasteiger partial charge >= 0.3 is 0 Å². The Labute approximate surface area is 131 Å². The van der Waals surface area contributed by atoms with Gasteiger partial charge in [-0.3, -0.25) is 4.21 Å². The molecule has 0 fully saturated rings. The highest BCUT2D eigenvalue weighted by atomic mass is 79.9. The van der Waals surface area contributed by atoms with E-state index >= 15 is 0 Å². The minimum absolute atomic E-state index is 0.142. The SMILES string of the molecule is CCOc1c(Br)cc(CNCC(C)S(C)=O)cc1OC. The first-order chi connectivity index (χ1) is 9.49. The monoisotopic (exact) mass is 363 g/mol. The van der Waals surface area contributed by atoms with Crippen molar-refractivity contribution in [3.8, 4) is 11.5 Å². The van der Waals surface area contributed by atoms with E-state index in [0.717, 1.165) is 22.3 Å². The van der Waals surface area contributed by atoms with Crippen LogP contribution >= 0.6 is 15.9 Å². The van der Waals surface area contributed by atoms with Crippen molar-refractivity contribution in [1.29, 1.82) is 0 Å². The van der Waals surface area contributed by atoms with Crippen LogP contribution in [0.2, 0.25) is 0 Å². The van der Waals surface area contributed by atoms with Gasteiger partial charge in [-0.25, -0.2) is 0 Å². The van der Waals surface area contributed by atoms with Crippen molar-refractivity contribution in [2.75, 3.05) is 26.5 Å². The maximum absolute atomic E-state index is 11.3. The van der Waals surface area contributed by atoms with Crippen LogP contribution < -0.4 is 14.8 Å². The molecule has 2 atom stereocenters. The second-order valence-corrected chi connectivity index (χ2v) is 7.14. The van der Waals surface area contributed by atoms with Crippen LogP contribution in [-0.2, 0) is 17.3 Å². The lowest BCUT2D eigenvalue weighted by molar-refractivity contribution is 0.308. The number of methoxy groups -OCH3 is 1. The molecule has 0 aliphatic carbocycles. The third-order valence-electron chi connectivity index (χ3n) is 2.91. The van der Waals surface area contributed by atoms with Crippen molar-refractivity contribution < 1.29 is 13.7 Å². The fraction of sp³-hybridized carbons (Fsp3) is 0.571. The number of benzene rings is 1. The van der Waals surface area contributed by atoms with E-state index in [0.29, 0.717) is 18.9 Å². The maximum atomic E-state index is 11.3. The zero-order valence-corrected chi connectivity index (χ0v) is 14.8. The van der Waals surface area contributed by atoms with Gasteiger partial charge in [0.2, 0.25) is 0 Å². The van der Waals surface area contributed by atoms with Gasteiger partial charge < -0.3 is 14.8 Å². The van der Waals surface area contributed by atoms with Gasteiger partial charge in [0.1, 0.15) is 0 Å². The van der Waals surface area contributed by atoms with Crippen molar-refractivity contribution in [2.45, 2.75) is 25.6 Å². The summed E-state index contributed by atoms with van der Waals surface area (Å²) >= 11 is 3.50. The molecule has 0 saturated carbocycles. The average molecular weight is 364 g/mol. The molecule has 20 heavy (non-hydrogen) atoms. The number of rotatable bonds is 8. The van der Waals surface area contributed by atoms with Gasteiger partial charge in [0.05, 0.1) is 18.2 Å². The van der Waals surface area contributed by atoms with E-state index in [4.69, 9.17) is 9.47 Å². The first-order valence-electron chi connectivity index (χ1n) is 6.51. The van der Waals surface area contributed by atoms with E-state index in [2.05, 4.69) is 21.2 Å². The molecule has 0 spiro atoms. The Bertz CT molecular complexity index is 468. The summed E-state index contributed by atoms with van der Waals surface area (Å²) in [5.41, 5.74) is 1.09. The van der Waals surface area contributed by atoms with Crippen LogP contribution in [0.25, 0.3) is 0 Å². The maximum Gasteiger partial charge on any atom is 0.175 e. The van der Waals surface area contributed by atoms with E-state index in [1.54, 1.807) is 13.4 Å². The Morgan fingerprint density at radius 1 is 1.45 bits per heavy atom. The molecule has 4 nitrogen and oxygen atoms in total. The first kappa shape index (κ1) is 17.5. The molecule has 1 aromatic rings. The van der Waals surface area contributed by atoms with E-state index < -0.39 is 10.8 Å². The molecule has 6 heteroatoms. The van der Waals surface area contributed by atoms with E-state index in [1.807, 2.05) is 26.0 Å². The average Bonchev–Trinajstić information content (AvgIpc) is 2.41. The highest BCUT2D eigenvalue weighted by Crippen LogP contribution is 2.36. The van der Waals surface area contributed by atoms with Crippen LogP contribution in [0, 0.1) is 0 Å². The Hall–Kier alpha value is -0.590. The topological polar surface area (TPSA) is 47.6 Å². The minimum Gasteiger partial charge on any atom is -0.493 e. The largest absolute Gasteiger partial charge is 0.493 e. The normalized spacial score (nSPS) is 13.8. The third-order valence-corrected chi connectivity index (χ3v) is 4.79. The molecule has 0 heterocycles. The Morgan fingerprint density at radius 3 is 2.70 bits per heavy atom. The zero-order valence-electron chi connectivity index (χ0n) is 12.4. The summed E-state index contributed by atoms with van der Waals surface area (Å²) in [6.45, 7) is 5.91. The molecule has 0 amide bonds. The summed E-state index contributed by atoms with van der Waals surface area (Å²) in [7, 11) is 0.827. The summed E-state index contributed by atoms with van der Waals surface area (Å²) in [6, 6.07) is 3.96. The number of nitrogens with one attached hydrogen (secondary N) is 1. The van der Waals surface area contributed by atoms with Gasteiger partial charge in [0.25, 0.3) is 0 Å². The molecule has 1 rings (SSSR count). The van der Waals surface area contributed by atoms with Gasteiger partial charge in [-0.2, -0.15) is 0 Å². The number of hydrogen-bond donors (Lipinski definition) is 1. The lowest BCUT2D eigenvalue weighted by Gasteiger charge is -2.14. The number of ether oxygens (including phenoxy) is 2. The molecule has 2 unspecified atom stereocenters. The van der Waals surface area contributed by atoms with Crippen molar-refractivity contribution in [2.24, 2.45) is 0 Å². The predicted octanol–water partition coefficient (Wildman–Crippen LogP) is 2.71. The Kier molecular flexibility index (Phi) is 7.55. The predicted molar refractivity (Wildman–Crippen MR) is 87.1 cm³/mol. The molecule has 0 radical (unpaired) electrons. The smallest absolute Gasteiger partial charge is 0.175 e. The molecular formula is C14H22BrNO3S. The van der Waals surface area contributed by atoms with Crippen LogP contribution in [0.15, 0.2) is 16.6 Å². The molecule has 0 saturated heterocycles. The summed E-state index contributed by atoms with van der Waals surface area (Å²) < 4.78 is 23.1. The first-order valence-corrected chi connectivity index (χ1v) is 8.93. The molecule has 1 aromatic carbocycles. The van der Waals surface area contributed by atoms with Crippen molar-refractivity contribution in [3.05, 3.63) is 22.2 Å². The van der Waals surface area contributed by atoms with Crippen molar-refractivity contribution >= 4 is 26.7 Å². The minimum atomic E-state index is -0.801. The van der Waals surface area contributed by atoms with Crippen LogP contribution in [0.1, 0.15) is 19.4 Å². The van der Waals surface area contributed by atoms with Gasteiger partial charge in [0.15, 0.2) is 11.5 Å². The number of hydrogen-bond acceptors (Lipinski definition) is 4. The van der Waals surface area contributed by atoms with Crippen molar-refractivity contribution in [1.82, 2.24) is 5.32 Å². The summed E-state index contributed by atoms with van der Waals surface area (Å²) in [5, 5.41) is 3.44. The van der Waals surface area contributed by atoms with Crippen LogP contribution in [0.5, 0.6) is 11.5 Å². The van der Waals surface area contributed by atoms with Gasteiger partial charge in [-0.1, -0.05) is 0 Å². The molecule has 0 aliphatic heterocycles. The standard InChI is InChI=1S/C14H22BrNO3S/c1-5-19-14-12(15)6-11(7-13(14)18-3)9-16-8-10(2)20(4)17/h6-7,10,16H,5,8-9H2,1-4H3. The van der Waals surface area contributed by atoms with Crippen LogP contribution in [0.3, 0.4) is 0 Å².